The van der Waals surface area contributed by atoms with Crippen molar-refractivity contribution in [3.8, 4) is 0 Å². The third-order valence-electron chi connectivity index (χ3n) is 5.06. The number of hydrogen-bond donors (Lipinski definition) is 1. The minimum atomic E-state index is -0.897. The van der Waals surface area contributed by atoms with E-state index >= 15 is 0 Å². The predicted molar refractivity (Wildman–Crippen MR) is 100.0 cm³/mol. The van der Waals surface area contributed by atoms with Crippen molar-refractivity contribution in [1.82, 2.24) is 10.2 Å². The lowest BCUT2D eigenvalue weighted by Crippen LogP contribution is -2.49. The second-order valence-electron chi connectivity index (χ2n) is 7.49. The molecule has 0 radical (unpaired) electrons. The monoisotopic (exact) mass is 378 g/mol. The summed E-state index contributed by atoms with van der Waals surface area (Å²) in [6.45, 7) is 5.18. The Hall–Kier alpha value is -2.31. The van der Waals surface area contributed by atoms with Crippen LogP contribution in [-0.4, -0.2) is 47.9 Å². The Bertz CT molecular complexity index is 635. The van der Waals surface area contributed by atoms with Gasteiger partial charge >= 0.3 is 5.97 Å². The van der Waals surface area contributed by atoms with Crippen LogP contribution in [-0.2, 0) is 14.3 Å². The van der Waals surface area contributed by atoms with Crippen molar-refractivity contribution in [2.75, 3.05) is 7.05 Å². The Morgan fingerprint density at radius 2 is 1.85 bits per heavy atom. The first-order valence-electron chi connectivity index (χ1n) is 9.62. The van der Waals surface area contributed by atoms with Crippen LogP contribution >= 0.6 is 0 Å². The fourth-order valence-corrected chi connectivity index (χ4v) is 3.35. The van der Waals surface area contributed by atoms with Crippen LogP contribution in [0.4, 0.5) is 0 Å². The number of carbonyl (C=O) groups is 3. The molecule has 1 aromatic rings. The van der Waals surface area contributed by atoms with Crippen LogP contribution < -0.4 is 5.32 Å². The van der Waals surface area contributed by atoms with Gasteiger partial charge in [-0.25, -0.2) is 4.79 Å². The van der Waals surface area contributed by atoms with Gasteiger partial charge in [-0.2, -0.15) is 0 Å². The molecule has 1 fully saturated rings. The van der Waals surface area contributed by atoms with Crippen molar-refractivity contribution in [3.05, 3.63) is 24.2 Å². The molecule has 0 unspecified atom stereocenters. The van der Waals surface area contributed by atoms with E-state index in [2.05, 4.69) is 5.32 Å². The molecule has 1 N–H and O–H groups in total. The van der Waals surface area contributed by atoms with E-state index in [-0.39, 0.29) is 23.6 Å². The fourth-order valence-electron chi connectivity index (χ4n) is 3.35. The summed E-state index contributed by atoms with van der Waals surface area (Å²) < 4.78 is 10.4. The van der Waals surface area contributed by atoms with Crippen LogP contribution in [0.15, 0.2) is 22.8 Å². The number of nitrogens with one attached hydrogen (secondary N) is 1. The van der Waals surface area contributed by atoms with Gasteiger partial charge in [0.15, 0.2) is 11.9 Å². The molecule has 0 spiro atoms. The first-order valence-corrected chi connectivity index (χ1v) is 9.62. The number of furan rings is 1. The smallest absolute Gasteiger partial charge is 0.329 e. The first-order chi connectivity index (χ1) is 12.8. The van der Waals surface area contributed by atoms with E-state index in [4.69, 9.17) is 9.15 Å². The van der Waals surface area contributed by atoms with Gasteiger partial charge in [-0.3, -0.25) is 9.59 Å². The Labute approximate surface area is 160 Å². The number of amides is 2. The van der Waals surface area contributed by atoms with E-state index < -0.39 is 24.0 Å². The molecule has 27 heavy (non-hydrogen) atoms. The maximum atomic E-state index is 12.6. The zero-order valence-corrected chi connectivity index (χ0v) is 16.6. The Kier molecular flexibility index (Phi) is 7.45. The van der Waals surface area contributed by atoms with Crippen LogP contribution in [0, 0.1) is 5.92 Å². The normalized spacial score (nSPS) is 17.2. The highest BCUT2D eigenvalue weighted by molar-refractivity contribution is 5.95. The third-order valence-corrected chi connectivity index (χ3v) is 5.06. The predicted octanol–water partition coefficient (Wildman–Crippen LogP) is 2.76. The largest absolute Gasteiger partial charge is 0.459 e. The summed E-state index contributed by atoms with van der Waals surface area (Å²) in [6, 6.07) is 2.45. The molecular weight excluding hydrogens is 348 g/mol. The van der Waals surface area contributed by atoms with Crippen molar-refractivity contribution in [2.45, 2.75) is 71.1 Å². The number of rotatable bonds is 7. The van der Waals surface area contributed by atoms with Gasteiger partial charge in [0, 0.05) is 13.1 Å². The van der Waals surface area contributed by atoms with Gasteiger partial charge in [0.25, 0.3) is 11.8 Å². The van der Waals surface area contributed by atoms with Crippen molar-refractivity contribution >= 4 is 17.8 Å². The molecule has 7 nitrogen and oxygen atoms in total. The molecule has 0 saturated heterocycles. The maximum absolute atomic E-state index is 12.6. The lowest BCUT2D eigenvalue weighted by atomic mass is 9.94. The molecule has 1 aliphatic carbocycles. The molecule has 1 aromatic heterocycles. The molecule has 1 saturated carbocycles. The van der Waals surface area contributed by atoms with Crippen LogP contribution in [0.5, 0.6) is 0 Å². The summed E-state index contributed by atoms with van der Waals surface area (Å²) in [5.74, 6) is -1.41. The summed E-state index contributed by atoms with van der Waals surface area (Å²) in [5.41, 5.74) is 0. The van der Waals surface area contributed by atoms with Gasteiger partial charge in [0.2, 0.25) is 0 Å². The summed E-state index contributed by atoms with van der Waals surface area (Å²) in [4.78, 5) is 39.1. The van der Waals surface area contributed by atoms with E-state index in [1.165, 1.54) is 18.8 Å². The lowest BCUT2D eigenvalue weighted by Gasteiger charge is -2.33. The molecule has 2 rings (SSSR count). The Morgan fingerprint density at radius 1 is 1.19 bits per heavy atom. The molecule has 1 heterocycles. The topological polar surface area (TPSA) is 88.9 Å². The molecule has 2 amide bonds. The minimum Gasteiger partial charge on any atom is -0.459 e. The zero-order valence-electron chi connectivity index (χ0n) is 16.6. The summed E-state index contributed by atoms with van der Waals surface area (Å²) in [5, 5.41) is 2.62. The van der Waals surface area contributed by atoms with Crippen LogP contribution in [0.25, 0.3) is 0 Å². The van der Waals surface area contributed by atoms with Gasteiger partial charge in [-0.1, -0.05) is 33.1 Å². The van der Waals surface area contributed by atoms with Crippen molar-refractivity contribution in [1.29, 1.82) is 0 Å². The molecule has 150 valence electrons. The van der Waals surface area contributed by atoms with Crippen LogP contribution in [0.1, 0.15) is 63.4 Å². The summed E-state index contributed by atoms with van der Waals surface area (Å²) in [6.07, 6.45) is 5.89. The number of likely N-dealkylation sites (N-methyl/N-ethyl adjacent to an activating group) is 1. The second-order valence-corrected chi connectivity index (χ2v) is 7.49. The summed E-state index contributed by atoms with van der Waals surface area (Å²) >= 11 is 0. The zero-order chi connectivity index (χ0) is 20.0. The number of hydrogen-bond acceptors (Lipinski definition) is 5. The van der Waals surface area contributed by atoms with E-state index in [9.17, 15) is 14.4 Å². The maximum Gasteiger partial charge on any atom is 0.329 e. The van der Waals surface area contributed by atoms with Gasteiger partial charge < -0.3 is 19.4 Å². The number of nitrogens with zero attached hydrogens (tertiary/aromatic N) is 1. The SMILES string of the molecule is CC(C)[C@@H](NC(=O)c1ccco1)C(=O)O[C@@H](C)C(=O)N(C)C1CCCCC1. The molecule has 0 aromatic carbocycles. The number of carbonyl (C=O) groups excluding carboxylic acids is 3. The molecular formula is C20H30N2O5. The van der Waals surface area contributed by atoms with Crippen molar-refractivity contribution in [2.24, 2.45) is 5.92 Å². The van der Waals surface area contributed by atoms with E-state index in [1.807, 2.05) is 0 Å². The lowest BCUT2D eigenvalue weighted by molar-refractivity contribution is -0.162. The van der Waals surface area contributed by atoms with Crippen molar-refractivity contribution < 1.29 is 23.5 Å². The second kappa shape index (κ2) is 9.58. The number of ether oxygens (including phenoxy) is 1. The standard InChI is InChI=1S/C20H30N2O5/c1-13(2)17(21-18(23)16-11-8-12-26-16)20(25)27-14(3)19(24)22(4)15-9-6-5-7-10-15/h8,11-15,17H,5-7,9-10H2,1-4H3,(H,21,23)/t14-,17+/m0/s1. The third kappa shape index (κ3) is 5.58. The highest BCUT2D eigenvalue weighted by Crippen LogP contribution is 2.22. The van der Waals surface area contributed by atoms with Crippen LogP contribution in [0.2, 0.25) is 0 Å². The highest BCUT2D eigenvalue weighted by Gasteiger charge is 2.32. The van der Waals surface area contributed by atoms with Gasteiger partial charge in [-0.15, -0.1) is 0 Å². The van der Waals surface area contributed by atoms with Crippen molar-refractivity contribution in [3.63, 3.8) is 0 Å². The van der Waals surface area contributed by atoms with E-state index in [1.54, 1.807) is 38.8 Å². The van der Waals surface area contributed by atoms with E-state index in [0.29, 0.717) is 0 Å². The quantitative estimate of drug-likeness (QED) is 0.737. The molecule has 7 heteroatoms. The molecule has 0 bridgehead atoms. The number of esters is 1. The minimum absolute atomic E-state index is 0.120. The van der Waals surface area contributed by atoms with Gasteiger partial charge in [0.05, 0.1) is 6.26 Å². The average molecular weight is 378 g/mol. The van der Waals surface area contributed by atoms with Crippen LogP contribution in [0.3, 0.4) is 0 Å². The first kappa shape index (κ1) is 21.0. The van der Waals surface area contributed by atoms with Gasteiger partial charge in [0.1, 0.15) is 6.04 Å². The molecule has 0 aliphatic heterocycles. The van der Waals surface area contributed by atoms with Gasteiger partial charge in [-0.05, 0) is 37.8 Å². The highest BCUT2D eigenvalue weighted by atomic mass is 16.5. The molecule has 2 atom stereocenters. The average Bonchev–Trinajstić information content (AvgIpc) is 3.19. The Morgan fingerprint density at radius 3 is 2.41 bits per heavy atom. The molecule has 1 aliphatic rings. The summed E-state index contributed by atoms with van der Waals surface area (Å²) in [7, 11) is 1.77. The fraction of sp³-hybridized carbons (Fsp3) is 0.650. The Balaban J connectivity index is 1.94. The van der Waals surface area contributed by atoms with E-state index in [0.717, 1.165) is 25.7 Å².